The number of hydrogen-bond acceptors (Lipinski definition) is 9. The van der Waals surface area contributed by atoms with Crippen molar-refractivity contribution in [1.29, 1.82) is 0 Å². The molecule has 4 aromatic heterocycles. The van der Waals surface area contributed by atoms with Gasteiger partial charge < -0.3 is 23.0 Å². The highest BCUT2D eigenvalue weighted by Gasteiger charge is 2.13. The summed E-state index contributed by atoms with van der Waals surface area (Å²) in [7, 11) is 0. The van der Waals surface area contributed by atoms with Gasteiger partial charge in [-0.2, -0.15) is 0 Å². The molecular formula is C24H20N4O5. The lowest BCUT2D eigenvalue weighted by atomic mass is 10.2. The Morgan fingerprint density at radius 3 is 1.61 bits per heavy atom. The Morgan fingerprint density at radius 1 is 0.545 bits per heavy atom. The topological polar surface area (TPSA) is 109 Å². The van der Waals surface area contributed by atoms with Crippen molar-refractivity contribution in [2.45, 2.75) is 26.4 Å². The van der Waals surface area contributed by atoms with E-state index in [9.17, 15) is 0 Å². The molecule has 5 rings (SSSR count). The van der Waals surface area contributed by atoms with Crippen molar-refractivity contribution >= 4 is 0 Å². The maximum Gasteiger partial charge on any atom is 0.163 e. The summed E-state index contributed by atoms with van der Waals surface area (Å²) in [5.41, 5.74) is 3.62. The average molecular weight is 444 g/mol. The predicted octanol–water partition coefficient (Wildman–Crippen LogP) is 4.81. The molecule has 0 aliphatic rings. The van der Waals surface area contributed by atoms with E-state index in [0.717, 1.165) is 11.3 Å². The van der Waals surface area contributed by atoms with Crippen molar-refractivity contribution in [3.8, 4) is 22.8 Å². The fraction of sp³-hybridized carbons (Fsp3) is 0.167. The molecule has 0 radical (unpaired) electrons. The van der Waals surface area contributed by atoms with Gasteiger partial charge in [0.2, 0.25) is 0 Å². The first-order chi connectivity index (χ1) is 16.3. The number of nitrogens with zero attached hydrogens (tertiary/aromatic N) is 4. The van der Waals surface area contributed by atoms with Crippen LogP contribution >= 0.6 is 0 Å². The second-order valence-electron chi connectivity index (χ2n) is 7.22. The smallest absolute Gasteiger partial charge is 0.163 e. The Hall–Kier alpha value is -4.08. The normalized spacial score (nSPS) is 11.2. The van der Waals surface area contributed by atoms with E-state index in [2.05, 4.69) is 20.5 Å². The lowest BCUT2D eigenvalue weighted by Crippen LogP contribution is -1.92. The third-order valence-corrected chi connectivity index (χ3v) is 4.71. The minimum atomic E-state index is 0.220. The number of hydrogen-bond donors (Lipinski definition) is 0. The summed E-state index contributed by atoms with van der Waals surface area (Å²) < 4.78 is 27.3. The standard InChI is InChI=1S/C24H20N4O5/c1-2-6-17(7-3-1)13-29-14-19-11-23(27-32-19)24-12-20(33-28-24)16-30-15-18-10-22(26-31-18)21-8-4-5-9-25-21/h1-12H,13-16H2. The molecule has 0 amide bonds. The van der Waals surface area contributed by atoms with E-state index < -0.39 is 0 Å². The maximum atomic E-state index is 5.67. The molecule has 0 fully saturated rings. The second-order valence-corrected chi connectivity index (χ2v) is 7.22. The fourth-order valence-corrected chi connectivity index (χ4v) is 3.12. The summed E-state index contributed by atoms with van der Waals surface area (Å²) in [4.78, 5) is 4.25. The van der Waals surface area contributed by atoms with E-state index in [1.807, 2.05) is 48.5 Å². The number of benzene rings is 1. The van der Waals surface area contributed by atoms with Gasteiger partial charge >= 0.3 is 0 Å². The van der Waals surface area contributed by atoms with Crippen molar-refractivity contribution in [2.75, 3.05) is 0 Å². The van der Waals surface area contributed by atoms with Crippen molar-refractivity contribution in [1.82, 2.24) is 20.5 Å². The Kier molecular flexibility index (Phi) is 6.32. The Balaban J connectivity index is 1.10. The Morgan fingerprint density at radius 2 is 1.06 bits per heavy atom. The van der Waals surface area contributed by atoms with Gasteiger partial charge in [0, 0.05) is 24.4 Å². The quantitative estimate of drug-likeness (QED) is 0.299. The average Bonchev–Trinajstić information content (AvgIpc) is 3.62. The summed E-state index contributed by atoms with van der Waals surface area (Å²) in [6, 6.07) is 20.9. The molecule has 166 valence electrons. The number of ether oxygens (including phenoxy) is 2. The van der Waals surface area contributed by atoms with Gasteiger partial charge in [-0.15, -0.1) is 0 Å². The lowest BCUT2D eigenvalue weighted by Gasteiger charge is -2.00. The molecule has 9 heteroatoms. The van der Waals surface area contributed by atoms with Crippen LogP contribution in [0.25, 0.3) is 22.8 Å². The van der Waals surface area contributed by atoms with Gasteiger partial charge in [0.15, 0.2) is 17.3 Å². The van der Waals surface area contributed by atoms with Crippen LogP contribution in [0.4, 0.5) is 0 Å². The highest BCUT2D eigenvalue weighted by Crippen LogP contribution is 2.21. The minimum Gasteiger partial charge on any atom is -0.369 e. The highest BCUT2D eigenvalue weighted by molar-refractivity contribution is 5.53. The van der Waals surface area contributed by atoms with Crippen LogP contribution in [0.3, 0.4) is 0 Å². The first-order valence-electron chi connectivity index (χ1n) is 10.3. The monoisotopic (exact) mass is 444 g/mol. The fourth-order valence-electron chi connectivity index (χ4n) is 3.12. The van der Waals surface area contributed by atoms with Gasteiger partial charge in [-0.05, 0) is 17.7 Å². The van der Waals surface area contributed by atoms with Crippen LogP contribution in [0.1, 0.15) is 22.8 Å². The summed E-state index contributed by atoms with van der Waals surface area (Å²) >= 11 is 0. The molecule has 0 saturated heterocycles. The van der Waals surface area contributed by atoms with Crippen LogP contribution in [-0.2, 0) is 35.9 Å². The minimum absolute atomic E-state index is 0.220. The van der Waals surface area contributed by atoms with Crippen molar-refractivity contribution < 1.29 is 23.0 Å². The first kappa shape index (κ1) is 20.8. The van der Waals surface area contributed by atoms with E-state index in [4.69, 9.17) is 23.0 Å². The SMILES string of the molecule is c1ccc(COCc2cc(-c3cc(COCc4cc(-c5ccccn5)no4)on3)no2)cc1. The van der Waals surface area contributed by atoms with Crippen molar-refractivity contribution in [3.63, 3.8) is 0 Å². The molecular weight excluding hydrogens is 424 g/mol. The van der Waals surface area contributed by atoms with Gasteiger partial charge in [0.05, 0.1) is 12.3 Å². The van der Waals surface area contributed by atoms with Gasteiger partial charge in [-0.3, -0.25) is 4.98 Å². The van der Waals surface area contributed by atoms with Gasteiger partial charge in [0.25, 0.3) is 0 Å². The largest absolute Gasteiger partial charge is 0.369 e. The number of pyridine rings is 1. The molecule has 0 aliphatic heterocycles. The van der Waals surface area contributed by atoms with Crippen LogP contribution in [0.15, 0.2) is 86.5 Å². The van der Waals surface area contributed by atoms with Gasteiger partial charge in [0.1, 0.15) is 36.9 Å². The Labute approximate surface area is 188 Å². The molecule has 4 heterocycles. The van der Waals surface area contributed by atoms with Crippen LogP contribution in [0.5, 0.6) is 0 Å². The lowest BCUT2D eigenvalue weighted by molar-refractivity contribution is 0.0727. The number of rotatable bonds is 10. The van der Waals surface area contributed by atoms with E-state index in [0.29, 0.717) is 47.6 Å². The van der Waals surface area contributed by atoms with Crippen LogP contribution in [0, 0.1) is 0 Å². The molecule has 0 bridgehead atoms. The van der Waals surface area contributed by atoms with E-state index >= 15 is 0 Å². The highest BCUT2D eigenvalue weighted by atomic mass is 16.5. The van der Waals surface area contributed by atoms with Crippen LogP contribution in [0.2, 0.25) is 0 Å². The van der Waals surface area contributed by atoms with Crippen molar-refractivity contribution in [2.24, 2.45) is 0 Å². The predicted molar refractivity (Wildman–Crippen MR) is 115 cm³/mol. The maximum absolute atomic E-state index is 5.67. The first-order valence-corrected chi connectivity index (χ1v) is 10.3. The van der Waals surface area contributed by atoms with Crippen LogP contribution in [-0.4, -0.2) is 20.5 Å². The second kappa shape index (κ2) is 10.0. The number of aromatic nitrogens is 4. The molecule has 9 nitrogen and oxygen atoms in total. The van der Waals surface area contributed by atoms with Crippen molar-refractivity contribution in [3.05, 3.63) is 95.8 Å². The zero-order valence-corrected chi connectivity index (χ0v) is 17.6. The summed E-state index contributed by atoms with van der Waals surface area (Å²) in [5.74, 6) is 1.75. The molecule has 0 spiro atoms. The van der Waals surface area contributed by atoms with E-state index in [1.54, 1.807) is 24.4 Å². The van der Waals surface area contributed by atoms with Gasteiger partial charge in [-0.25, -0.2) is 0 Å². The summed E-state index contributed by atoms with van der Waals surface area (Å²) in [6.45, 7) is 1.27. The zero-order chi connectivity index (χ0) is 22.3. The molecule has 0 atom stereocenters. The molecule has 1 aromatic carbocycles. The van der Waals surface area contributed by atoms with E-state index in [1.165, 1.54) is 0 Å². The van der Waals surface area contributed by atoms with Gasteiger partial charge in [-0.1, -0.05) is 51.9 Å². The molecule has 0 saturated carbocycles. The summed E-state index contributed by atoms with van der Waals surface area (Å²) in [6.07, 6.45) is 1.71. The molecule has 0 N–H and O–H groups in total. The summed E-state index contributed by atoms with van der Waals surface area (Å²) in [5, 5.41) is 12.1. The molecule has 0 unspecified atom stereocenters. The zero-order valence-electron chi connectivity index (χ0n) is 17.6. The van der Waals surface area contributed by atoms with Crippen LogP contribution < -0.4 is 0 Å². The third kappa shape index (κ3) is 5.40. The Bertz CT molecular complexity index is 1280. The third-order valence-electron chi connectivity index (χ3n) is 4.71. The molecule has 33 heavy (non-hydrogen) atoms. The van der Waals surface area contributed by atoms with E-state index in [-0.39, 0.29) is 13.2 Å². The molecule has 5 aromatic rings. The molecule has 0 aliphatic carbocycles.